The van der Waals surface area contributed by atoms with E-state index in [1.54, 1.807) is 20.5 Å². The van der Waals surface area contributed by atoms with E-state index in [4.69, 9.17) is 33.2 Å². The van der Waals surface area contributed by atoms with Gasteiger partial charge in [-0.15, -0.1) is 0 Å². The van der Waals surface area contributed by atoms with Crippen molar-refractivity contribution in [1.82, 2.24) is 28.9 Å². The summed E-state index contributed by atoms with van der Waals surface area (Å²) >= 11 is 0. The molecule has 0 aliphatic carbocycles. The lowest BCUT2D eigenvalue weighted by Gasteiger charge is -2.47. The van der Waals surface area contributed by atoms with Crippen LogP contribution in [-0.4, -0.2) is 98.6 Å². The van der Waals surface area contributed by atoms with Gasteiger partial charge in [0.05, 0.1) is 33.3 Å². The van der Waals surface area contributed by atoms with Crippen molar-refractivity contribution < 1.29 is 33.0 Å². The van der Waals surface area contributed by atoms with E-state index in [9.17, 15) is 4.79 Å². The van der Waals surface area contributed by atoms with Crippen LogP contribution in [0, 0.1) is 0 Å². The second kappa shape index (κ2) is 22.7. The average Bonchev–Trinajstić information content (AvgIpc) is 3.95. The average molecular weight is 974 g/mol. The van der Waals surface area contributed by atoms with Crippen LogP contribution in [0.5, 0.6) is 17.2 Å². The van der Waals surface area contributed by atoms with Crippen LogP contribution in [0.1, 0.15) is 111 Å². The van der Waals surface area contributed by atoms with E-state index in [2.05, 4.69) is 137 Å². The zero-order valence-corrected chi connectivity index (χ0v) is 44.0. The maximum atomic E-state index is 13.3. The van der Waals surface area contributed by atoms with E-state index < -0.39 is 32.5 Å². The number of hydrogen-bond acceptors (Lipinski definition) is 12. The van der Waals surface area contributed by atoms with E-state index in [-0.39, 0.29) is 54.5 Å². The molecule has 1 saturated heterocycles. The zero-order valence-electron chi connectivity index (χ0n) is 43.1. The molecule has 0 unspecified atom stereocenters. The Morgan fingerprint density at radius 2 is 1.23 bits per heavy atom. The van der Waals surface area contributed by atoms with Gasteiger partial charge in [0.2, 0.25) is 0 Å². The van der Waals surface area contributed by atoms with Gasteiger partial charge in [-0.2, -0.15) is 0 Å². The first kappa shape index (κ1) is 52.4. The van der Waals surface area contributed by atoms with Crippen molar-refractivity contribution in [2.45, 2.75) is 136 Å². The number of nitrogens with zero attached hydrogens (tertiary/aromatic N) is 6. The van der Waals surface area contributed by atoms with Gasteiger partial charge in [0, 0.05) is 30.6 Å². The van der Waals surface area contributed by atoms with Crippen molar-refractivity contribution in [3.63, 3.8) is 0 Å². The van der Waals surface area contributed by atoms with Crippen molar-refractivity contribution in [3.05, 3.63) is 138 Å². The predicted octanol–water partition coefficient (Wildman–Crippen LogP) is 11.3. The quantitative estimate of drug-likeness (QED) is 0.0543. The van der Waals surface area contributed by atoms with Crippen molar-refractivity contribution >= 4 is 31.3 Å². The molecule has 0 bridgehead atoms. The number of nitrogens with one attached hydrogen (secondary N) is 1. The number of amides is 1. The largest absolute Gasteiger partial charge is 0.497 e. The molecule has 2 aromatic heterocycles. The number of carbonyl (C=O) groups excluding carboxylic acids is 1. The number of methoxy groups -OCH3 is 2. The summed E-state index contributed by atoms with van der Waals surface area (Å²) in [4.78, 5) is 27.2. The minimum Gasteiger partial charge on any atom is -0.497 e. The minimum atomic E-state index is -1.33. The molecule has 1 amide bonds. The van der Waals surface area contributed by atoms with E-state index in [1.807, 2.05) is 71.3 Å². The molecular formula is C55H72N7O7P. The number of benzene rings is 4. The van der Waals surface area contributed by atoms with E-state index in [0.717, 1.165) is 28.2 Å². The van der Waals surface area contributed by atoms with Gasteiger partial charge < -0.3 is 33.5 Å². The molecule has 70 heavy (non-hydrogen) atoms. The predicted molar refractivity (Wildman–Crippen MR) is 277 cm³/mol. The molecule has 3 heterocycles. The second-order valence-corrected chi connectivity index (χ2v) is 21.5. The molecule has 6 aromatic rings. The number of fused-ring (bicyclic) bond motifs is 1. The Bertz CT molecular complexity index is 2520. The van der Waals surface area contributed by atoms with Gasteiger partial charge in [0.15, 0.2) is 32.0 Å². The van der Waals surface area contributed by atoms with Crippen LogP contribution in [0.3, 0.4) is 0 Å². The Kier molecular flexibility index (Phi) is 17.0. The van der Waals surface area contributed by atoms with Crippen LogP contribution in [0.2, 0.25) is 0 Å². The minimum absolute atomic E-state index is 0.00249. The Labute approximate surface area is 416 Å². The lowest BCUT2D eigenvalue weighted by molar-refractivity contribution is -0.118. The molecule has 7 rings (SSSR count). The first-order chi connectivity index (χ1) is 33.4. The smallest absolute Gasteiger partial charge is 0.263 e. The summed E-state index contributed by atoms with van der Waals surface area (Å²) in [6.07, 6.45) is 2.01. The standard InChI is InChI=1S/C55H72N7O7P/c1-36(2)61(37(3)4)70(62(38(5)6)39(7)8)69-47-31-50(60-35-58-51-52(56-34-57-53(51)60)59-49(63)33-66-46-29-19-40(20-30-46)54(9,10)11)68-48(47)32-67-55(41-17-15-14-16-18-41,42-21-25-44(64-12)26-22-42)43-23-27-45(65-13)28-24-43/h14-30,34-39,47-48,50H,31-33H2,1-13H3,(H,56,57,59,63)/t47-,48+,50+/m0/s1. The molecule has 0 spiro atoms. The monoisotopic (exact) mass is 974 g/mol. The summed E-state index contributed by atoms with van der Waals surface area (Å²) in [6, 6.07) is 34.9. The maximum absolute atomic E-state index is 13.3. The molecule has 4 aromatic carbocycles. The highest BCUT2D eigenvalue weighted by molar-refractivity contribution is 7.47. The van der Waals surface area contributed by atoms with Gasteiger partial charge in [-0.1, -0.05) is 87.5 Å². The van der Waals surface area contributed by atoms with Crippen LogP contribution in [-0.2, 0) is 29.8 Å². The van der Waals surface area contributed by atoms with Gasteiger partial charge in [0.25, 0.3) is 5.91 Å². The molecule has 15 heteroatoms. The van der Waals surface area contributed by atoms with Crippen molar-refractivity contribution in [2.24, 2.45) is 0 Å². The molecule has 1 aliphatic heterocycles. The molecule has 0 radical (unpaired) electrons. The van der Waals surface area contributed by atoms with Gasteiger partial charge >= 0.3 is 0 Å². The van der Waals surface area contributed by atoms with E-state index in [0.29, 0.717) is 23.3 Å². The summed E-state index contributed by atoms with van der Waals surface area (Å²) in [5, 5.41) is 2.90. The summed E-state index contributed by atoms with van der Waals surface area (Å²) in [6.45, 7) is 24.2. The Morgan fingerprint density at radius 1 is 0.714 bits per heavy atom. The molecule has 0 saturated carbocycles. The van der Waals surface area contributed by atoms with Crippen molar-refractivity contribution in [1.29, 1.82) is 0 Å². The van der Waals surface area contributed by atoms with Gasteiger partial charge in [-0.25, -0.2) is 24.3 Å². The number of rotatable bonds is 21. The van der Waals surface area contributed by atoms with Gasteiger partial charge in [-0.3, -0.25) is 9.36 Å². The van der Waals surface area contributed by atoms with Crippen LogP contribution < -0.4 is 19.5 Å². The fraction of sp³-hybridized carbons (Fsp3) is 0.455. The molecular weight excluding hydrogens is 902 g/mol. The van der Waals surface area contributed by atoms with Crippen LogP contribution in [0.25, 0.3) is 11.2 Å². The maximum Gasteiger partial charge on any atom is 0.263 e. The summed E-state index contributed by atoms with van der Waals surface area (Å²) in [5.74, 6) is 1.97. The molecule has 1 fully saturated rings. The number of ether oxygens (including phenoxy) is 5. The third-order valence-corrected chi connectivity index (χ3v) is 15.7. The Balaban J connectivity index is 1.25. The van der Waals surface area contributed by atoms with E-state index in [1.165, 1.54) is 11.9 Å². The zero-order chi connectivity index (χ0) is 50.3. The van der Waals surface area contributed by atoms with Gasteiger partial charge in [-0.05, 0) is 119 Å². The lowest BCUT2D eigenvalue weighted by Crippen LogP contribution is -2.45. The van der Waals surface area contributed by atoms with Crippen LogP contribution in [0.15, 0.2) is 116 Å². The topological polar surface area (TPSA) is 135 Å². The van der Waals surface area contributed by atoms with Gasteiger partial charge in [0.1, 0.15) is 41.5 Å². The number of carbonyl (C=O) groups is 1. The number of anilines is 1. The van der Waals surface area contributed by atoms with Crippen LogP contribution >= 0.6 is 8.45 Å². The molecule has 374 valence electrons. The highest BCUT2D eigenvalue weighted by atomic mass is 31.2. The molecule has 1 aliphatic rings. The molecule has 1 N–H and O–H groups in total. The highest BCUT2D eigenvalue weighted by Crippen LogP contribution is 2.54. The third-order valence-electron chi connectivity index (χ3n) is 12.6. The van der Waals surface area contributed by atoms with Crippen molar-refractivity contribution in [2.75, 3.05) is 32.8 Å². The van der Waals surface area contributed by atoms with Crippen molar-refractivity contribution in [3.8, 4) is 17.2 Å². The number of aromatic nitrogens is 4. The first-order valence-corrected chi connectivity index (χ1v) is 25.5. The number of hydrogen-bond donors (Lipinski definition) is 1. The number of imidazole rings is 1. The third kappa shape index (κ3) is 11.7. The van der Waals surface area contributed by atoms with Crippen LogP contribution in [0.4, 0.5) is 5.82 Å². The second-order valence-electron chi connectivity index (χ2n) is 19.9. The SMILES string of the molecule is COc1ccc(C(OC[C@H]2O[C@@H](n3cnc4c(NC(=O)COc5ccc(C(C)(C)C)cc5)ncnc43)C[C@@H]2OP(N(C(C)C)C(C)C)N(C(C)C)C(C)C)(c2ccccc2)c2ccc(OC)cc2)cc1. The highest BCUT2D eigenvalue weighted by Gasteiger charge is 2.46. The summed E-state index contributed by atoms with van der Waals surface area (Å²) in [5.41, 5.74) is 3.76. The molecule has 3 atom stereocenters. The molecule has 14 nitrogen and oxygen atoms in total. The fourth-order valence-corrected chi connectivity index (χ4v) is 11.8. The lowest BCUT2D eigenvalue weighted by atomic mass is 9.80. The summed E-state index contributed by atoms with van der Waals surface area (Å²) in [7, 11) is 2.00. The summed E-state index contributed by atoms with van der Waals surface area (Å²) < 4.78 is 46.3. The Morgan fingerprint density at radius 3 is 1.74 bits per heavy atom. The Hall–Kier alpha value is -5.47. The van der Waals surface area contributed by atoms with E-state index >= 15 is 0 Å². The first-order valence-electron chi connectivity index (χ1n) is 24.3. The fourth-order valence-electron chi connectivity index (χ4n) is 9.27. The normalized spacial score (nSPS) is 16.7.